The molecule has 1 aromatic rings. The molecule has 0 N–H and O–H groups in total. The number of aryl methyl sites for hydroxylation is 1. The van der Waals surface area contributed by atoms with E-state index in [1.165, 1.54) is 0 Å². The molecular weight excluding hydrogens is 288 g/mol. The highest BCUT2D eigenvalue weighted by atomic mass is 32.2. The smallest absolute Gasteiger partial charge is 0.240 e. The first-order chi connectivity index (χ1) is 10.2. The number of likely N-dealkylation sites (tertiary alicyclic amines) is 1. The first kappa shape index (κ1) is 14.8. The Kier molecular flexibility index (Phi) is 4.49. The summed E-state index contributed by atoms with van der Waals surface area (Å²) in [5.41, 5.74) is 0. The number of aromatic nitrogens is 2. The summed E-state index contributed by atoms with van der Waals surface area (Å²) in [6.07, 6.45) is 1.91. The van der Waals surface area contributed by atoms with Crippen molar-refractivity contribution in [3.8, 4) is 0 Å². The van der Waals surface area contributed by atoms with E-state index in [1.54, 1.807) is 6.92 Å². The van der Waals surface area contributed by atoms with Crippen LogP contribution in [0.1, 0.15) is 37.6 Å². The Hall–Kier alpha value is -1.08. The molecule has 116 valence electrons. The highest BCUT2D eigenvalue weighted by Gasteiger charge is 2.37. The predicted octanol–water partition coefficient (Wildman–Crippen LogP) is 1.48. The molecule has 21 heavy (non-hydrogen) atoms. The molecule has 6 nitrogen and oxygen atoms in total. The molecule has 2 fully saturated rings. The maximum Gasteiger partial charge on any atom is 0.240 e. The summed E-state index contributed by atoms with van der Waals surface area (Å²) < 4.78 is 5.54. The van der Waals surface area contributed by atoms with Crippen LogP contribution in [0, 0.1) is 6.92 Å². The molecule has 3 rings (SSSR count). The van der Waals surface area contributed by atoms with E-state index >= 15 is 0 Å². The lowest BCUT2D eigenvalue weighted by atomic mass is 10.2. The molecule has 2 saturated heterocycles. The van der Waals surface area contributed by atoms with E-state index in [0.29, 0.717) is 11.8 Å². The Balaban J connectivity index is 1.70. The minimum Gasteiger partial charge on any atom is -0.423 e. The van der Waals surface area contributed by atoms with Crippen molar-refractivity contribution < 1.29 is 9.21 Å². The van der Waals surface area contributed by atoms with E-state index in [2.05, 4.69) is 15.1 Å². The maximum absolute atomic E-state index is 12.8. The molecule has 0 radical (unpaired) electrons. The van der Waals surface area contributed by atoms with Crippen LogP contribution >= 0.6 is 11.8 Å². The van der Waals surface area contributed by atoms with Gasteiger partial charge in [0.05, 0.1) is 6.04 Å². The van der Waals surface area contributed by atoms with E-state index in [4.69, 9.17) is 4.42 Å². The molecule has 2 atom stereocenters. The van der Waals surface area contributed by atoms with Gasteiger partial charge in [-0.05, 0) is 19.8 Å². The Morgan fingerprint density at radius 2 is 2.10 bits per heavy atom. The average Bonchev–Trinajstić information content (AvgIpc) is 3.15. The lowest BCUT2D eigenvalue weighted by molar-refractivity contribution is -0.137. The minimum absolute atomic E-state index is 0.0414. The summed E-state index contributed by atoms with van der Waals surface area (Å²) in [7, 11) is 0. The van der Waals surface area contributed by atoms with E-state index in [-0.39, 0.29) is 18.0 Å². The number of thioether (sulfide) groups is 1. The lowest BCUT2D eigenvalue weighted by Crippen LogP contribution is -2.49. The molecule has 2 aliphatic heterocycles. The largest absolute Gasteiger partial charge is 0.423 e. The molecule has 1 amide bonds. The van der Waals surface area contributed by atoms with E-state index in [0.717, 1.165) is 44.0 Å². The number of rotatable bonds is 3. The fourth-order valence-corrected chi connectivity index (χ4v) is 4.03. The molecule has 1 aromatic heterocycles. The van der Waals surface area contributed by atoms with Gasteiger partial charge in [-0.3, -0.25) is 9.69 Å². The first-order valence-electron chi connectivity index (χ1n) is 7.59. The van der Waals surface area contributed by atoms with Crippen molar-refractivity contribution in [2.45, 2.75) is 38.8 Å². The van der Waals surface area contributed by atoms with Crippen LogP contribution in [0.25, 0.3) is 0 Å². The molecule has 0 aliphatic carbocycles. The zero-order valence-electron chi connectivity index (χ0n) is 12.6. The van der Waals surface area contributed by atoms with Crippen LogP contribution in [0.3, 0.4) is 0 Å². The van der Waals surface area contributed by atoms with Gasteiger partial charge in [-0.2, -0.15) is 11.8 Å². The summed E-state index contributed by atoms with van der Waals surface area (Å²) in [6.45, 7) is 6.59. The van der Waals surface area contributed by atoms with E-state index in [9.17, 15) is 4.79 Å². The Bertz CT molecular complexity index is 501. The second kappa shape index (κ2) is 6.36. The van der Waals surface area contributed by atoms with Gasteiger partial charge in [0, 0.05) is 38.1 Å². The van der Waals surface area contributed by atoms with Gasteiger partial charge in [-0.15, -0.1) is 10.2 Å². The van der Waals surface area contributed by atoms with E-state index < -0.39 is 0 Å². The monoisotopic (exact) mass is 310 g/mol. The molecular formula is C14H22N4O2S. The summed E-state index contributed by atoms with van der Waals surface area (Å²) in [4.78, 5) is 17.0. The van der Waals surface area contributed by atoms with Crippen molar-refractivity contribution in [2.75, 3.05) is 31.1 Å². The Labute approximate surface area is 129 Å². The van der Waals surface area contributed by atoms with Crippen LogP contribution in [-0.2, 0) is 4.79 Å². The van der Waals surface area contributed by atoms with Crippen LogP contribution in [0.2, 0.25) is 0 Å². The number of hydrogen-bond acceptors (Lipinski definition) is 6. The van der Waals surface area contributed by atoms with Crippen molar-refractivity contribution in [2.24, 2.45) is 0 Å². The number of amides is 1. The second-order valence-corrected chi connectivity index (χ2v) is 6.90. The summed E-state index contributed by atoms with van der Waals surface area (Å²) in [5.74, 6) is 3.57. The Morgan fingerprint density at radius 3 is 2.76 bits per heavy atom. The van der Waals surface area contributed by atoms with Gasteiger partial charge < -0.3 is 9.32 Å². The third-order valence-electron chi connectivity index (χ3n) is 4.31. The molecule has 0 aromatic carbocycles. The molecule has 0 saturated carbocycles. The normalized spacial score (nSPS) is 25.2. The first-order valence-corrected chi connectivity index (χ1v) is 8.74. The molecule has 7 heteroatoms. The summed E-state index contributed by atoms with van der Waals surface area (Å²) >= 11 is 1.96. The second-order valence-electron chi connectivity index (χ2n) is 5.67. The highest BCUT2D eigenvalue weighted by Crippen LogP contribution is 2.32. The lowest BCUT2D eigenvalue weighted by Gasteiger charge is -2.34. The molecule has 3 heterocycles. The fourth-order valence-electron chi connectivity index (χ4n) is 3.09. The fraction of sp³-hybridized carbons (Fsp3) is 0.786. The van der Waals surface area contributed by atoms with Crippen molar-refractivity contribution in [3.05, 3.63) is 11.8 Å². The zero-order valence-corrected chi connectivity index (χ0v) is 13.4. The van der Waals surface area contributed by atoms with Gasteiger partial charge in [-0.25, -0.2) is 0 Å². The predicted molar refractivity (Wildman–Crippen MR) is 81.1 cm³/mol. The quantitative estimate of drug-likeness (QED) is 0.843. The average molecular weight is 310 g/mol. The van der Waals surface area contributed by atoms with E-state index in [1.807, 2.05) is 23.6 Å². The third kappa shape index (κ3) is 3.08. The third-order valence-corrected chi connectivity index (χ3v) is 5.26. The molecule has 0 unspecified atom stereocenters. The van der Waals surface area contributed by atoms with Crippen LogP contribution in [0.5, 0.6) is 0 Å². The van der Waals surface area contributed by atoms with Gasteiger partial charge in [0.2, 0.25) is 17.7 Å². The number of carbonyl (C=O) groups is 1. The van der Waals surface area contributed by atoms with Gasteiger partial charge in [-0.1, -0.05) is 0 Å². The molecule has 0 bridgehead atoms. The number of hydrogen-bond donors (Lipinski definition) is 0. The van der Waals surface area contributed by atoms with Gasteiger partial charge in [0.1, 0.15) is 6.04 Å². The molecule has 2 aliphatic rings. The zero-order chi connectivity index (χ0) is 14.8. The topological polar surface area (TPSA) is 62.5 Å². The number of carbonyl (C=O) groups excluding carboxylic acids is 1. The van der Waals surface area contributed by atoms with Crippen molar-refractivity contribution in [1.82, 2.24) is 20.0 Å². The minimum atomic E-state index is -0.0597. The Morgan fingerprint density at radius 1 is 1.33 bits per heavy atom. The molecule has 0 spiro atoms. The summed E-state index contributed by atoms with van der Waals surface area (Å²) in [5, 5.41) is 8.00. The van der Waals surface area contributed by atoms with Gasteiger partial charge in [0.25, 0.3) is 0 Å². The standard InChI is InChI=1S/C14H22N4O2S/c1-10(17-6-8-21-9-7-17)14(19)18-5-3-4-12(18)13-16-15-11(2)20-13/h10,12H,3-9H2,1-2H3/t10-,12-/m1/s1. The van der Waals surface area contributed by atoms with Crippen LogP contribution in [0.15, 0.2) is 4.42 Å². The number of nitrogens with zero attached hydrogens (tertiary/aromatic N) is 4. The van der Waals surface area contributed by atoms with Crippen molar-refractivity contribution in [1.29, 1.82) is 0 Å². The van der Waals surface area contributed by atoms with Gasteiger partial charge in [0.15, 0.2) is 0 Å². The highest BCUT2D eigenvalue weighted by molar-refractivity contribution is 7.99. The summed E-state index contributed by atoms with van der Waals surface area (Å²) in [6, 6.07) is -0.101. The maximum atomic E-state index is 12.8. The van der Waals surface area contributed by atoms with Crippen molar-refractivity contribution >= 4 is 17.7 Å². The van der Waals surface area contributed by atoms with Crippen LogP contribution in [-0.4, -0.2) is 63.1 Å². The van der Waals surface area contributed by atoms with Gasteiger partial charge >= 0.3 is 0 Å². The van der Waals surface area contributed by atoms with Crippen molar-refractivity contribution in [3.63, 3.8) is 0 Å². The van der Waals surface area contributed by atoms with Crippen LogP contribution in [0.4, 0.5) is 0 Å². The SMILES string of the molecule is Cc1nnc([C@H]2CCCN2C(=O)[C@@H](C)N2CCSCC2)o1. The van der Waals surface area contributed by atoms with Crippen LogP contribution < -0.4 is 0 Å².